The van der Waals surface area contributed by atoms with Crippen LogP contribution in [0.3, 0.4) is 0 Å². The van der Waals surface area contributed by atoms with Gasteiger partial charge in [-0.3, -0.25) is 4.79 Å². The molecule has 0 aliphatic heterocycles. The maximum atomic E-state index is 13.7. The zero-order valence-electron chi connectivity index (χ0n) is 11.8. The molecule has 1 N–H and O–H groups in total. The Morgan fingerprint density at radius 3 is 2.76 bits per heavy atom. The Labute approximate surface area is 122 Å². The van der Waals surface area contributed by atoms with Crippen LogP contribution < -0.4 is 0 Å². The number of aryl methyl sites for hydroxylation is 1. The molecule has 0 aliphatic carbocycles. The lowest BCUT2D eigenvalue weighted by Gasteiger charge is -2.13. The number of nitrogens with zero attached hydrogens (tertiary/aromatic N) is 2. The van der Waals surface area contributed by atoms with E-state index in [4.69, 9.17) is 0 Å². The number of hydrogen-bond acceptors (Lipinski definition) is 3. The minimum atomic E-state index is -1.01. The van der Waals surface area contributed by atoms with Crippen molar-refractivity contribution in [2.24, 2.45) is 0 Å². The number of carboxylic acid groups (broad SMARTS) is 1. The SMILES string of the molecule is CCCc1cc(C(Cc2ccccc2F)C(=O)O)ncn1. The minimum Gasteiger partial charge on any atom is -0.481 e. The van der Waals surface area contributed by atoms with Crippen molar-refractivity contribution in [3.63, 3.8) is 0 Å². The summed E-state index contributed by atoms with van der Waals surface area (Å²) in [5.74, 6) is -2.29. The molecule has 2 rings (SSSR count). The Hall–Kier alpha value is -2.30. The molecule has 0 radical (unpaired) electrons. The lowest BCUT2D eigenvalue weighted by Crippen LogP contribution is -2.17. The summed E-state index contributed by atoms with van der Waals surface area (Å²) < 4.78 is 13.7. The summed E-state index contributed by atoms with van der Waals surface area (Å²) in [7, 11) is 0. The Morgan fingerprint density at radius 2 is 2.10 bits per heavy atom. The summed E-state index contributed by atoms with van der Waals surface area (Å²) >= 11 is 0. The highest BCUT2D eigenvalue weighted by Gasteiger charge is 2.23. The van der Waals surface area contributed by atoms with Crippen LogP contribution in [-0.2, 0) is 17.6 Å². The molecule has 5 heteroatoms. The van der Waals surface area contributed by atoms with Gasteiger partial charge in [-0.2, -0.15) is 0 Å². The lowest BCUT2D eigenvalue weighted by molar-refractivity contribution is -0.138. The standard InChI is InChI=1S/C16H17FN2O2/c1-2-5-12-9-15(19-10-18-12)13(16(20)21)8-11-6-3-4-7-14(11)17/h3-4,6-7,9-10,13H,2,5,8H2,1H3,(H,20,21). The number of aliphatic carboxylic acids is 1. The quantitative estimate of drug-likeness (QED) is 0.887. The molecule has 1 heterocycles. The molecular weight excluding hydrogens is 271 g/mol. The monoisotopic (exact) mass is 288 g/mol. The largest absolute Gasteiger partial charge is 0.481 e. The first-order valence-electron chi connectivity index (χ1n) is 6.88. The summed E-state index contributed by atoms with van der Waals surface area (Å²) in [5.41, 5.74) is 1.60. The van der Waals surface area contributed by atoms with E-state index in [0.717, 1.165) is 18.5 Å². The van der Waals surface area contributed by atoms with Gasteiger partial charge < -0.3 is 5.11 Å². The Bertz CT molecular complexity index is 631. The van der Waals surface area contributed by atoms with E-state index in [9.17, 15) is 14.3 Å². The van der Waals surface area contributed by atoms with Crippen LogP contribution in [0.25, 0.3) is 0 Å². The van der Waals surface area contributed by atoms with E-state index < -0.39 is 17.7 Å². The number of benzene rings is 1. The fourth-order valence-corrected chi connectivity index (χ4v) is 2.20. The molecule has 0 saturated heterocycles. The van der Waals surface area contributed by atoms with Crippen molar-refractivity contribution < 1.29 is 14.3 Å². The zero-order valence-corrected chi connectivity index (χ0v) is 11.8. The van der Waals surface area contributed by atoms with Gasteiger partial charge in [-0.15, -0.1) is 0 Å². The molecular formula is C16H17FN2O2. The molecule has 0 fully saturated rings. The molecule has 2 aromatic rings. The van der Waals surface area contributed by atoms with Crippen LogP contribution in [0, 0.1) is 5.82 Å². The van der Waals surface area contributed by atoms with Crippen molar-refractivity contribution in [1.82, 2.24) is 9.97 Å². The van der Waals surface area contributed by atoms with Gasteiger partial charge in [0.1, 0.15) is 18.1 Å². The van der Waals surface area contributed by atoms with Gasteiger partial charge in [-0.1, -0.05) is 31.5 Å². The van der Waals surface area contributed by atoms with Crippen LogP contribution in [0.4, 0.5) is 4.39 Å². The van der Waals surface area contributed by atoms with Crippen molar-refractivity contribution >= 4 is 5.97 Å². The molecule has 1 aromatic heterocycles. The first-order chi connectivity index (χ1) is 10.1. The third-order valence-corrected chi connectivity index (χ3v) is 3.29. The first-order valence-corrected chi connectivity index (χ1v) is 6.88. The van der Waals surface area contributed by atoms with Gasteiger partial charge in [-0.25, -0.2) is 14.4 Å². The normalized spacial score (nSPS) is 12.1. The number of halogens is 1. The van der Waals surface area contributed by atoms with Crippen LogP contribution in [0.5, 0.6) is 0 Å². The van der Waals surface area contributed by atoms with E-state index in [0.29, 0.717) is 11.3 Å². The van der Waals surface area contributed by atoms with E-state index in [1.54, 1.807) is 24.3 Å². The predicted octanol–water partition coefficient (Wildman–Crippen LogP) is 2.98. The molecule has 21 heavy (non-hydrogen) atoms. The number of rotatable bonds is 6. The number of hydrogen-bond donors (Lipinski definition) is 1. The summed E-state index contributed by atoms with van der Waals surface area (Å²) in [6.45, 7) is 2.02. The summed E-state index contributed by atoms with van der Waals surface area (Å²) in [6, 6.07) is 7.90. The molecule has 4 nitrogen and oxygen atoms in total. The van der Waals surface area contributed by atoms with Crippen molar-refractivity contribution in [2.75, 3.05) is 0 Å². The number of carbonyl (C=O) groups is 1. The molecule has 1 unspecified atom stereocenters. The van der Waals surface area contributed by atoms with Crippen LogP contribution in [0.15, 0.2) is 36.7 Å². The maximum Gasteiger partial charge on any atom is 0.312 e. The maximum absolute atomic E-state index is 13.7. The van der Waals surface area contributed by atoms with E-state index in [2.05, 4.69) is 9.97 Å². The second-order valence-electron chi connectivity index (χ2n) is 4.87. The highest BCUT2D eigenvalue weighted by Crippen LogP contribution is 2.22. The van der Waals surface area contributed by atoms with E-state index in [1.165, 1.54) is 12.4 Å². The number of carboxylic acids is 1. The van der Waals surface area contributed by atoms with Crippen LogP contribution in [-0.4, -0.2) is 21.0 Å². The highest BCUT2D eigenvalue weighted by atomic mass is 19.1. The Balaban J connectivity index is 2.29. The van der Waals surface area contributed by atoms with Crippen LogP contribution in [0.2, 0.25) is 0 Å². The molecule has 110 valence electrons. The van der Waals surface area contributed by atoms with Gasteiger partial charge in [0.05, 0.1) is 5.69 Å². The first kappa shape index (κ1) is 15.1. The lowest BCUT2D eigenvalue weighted by atomic mass is 9.95. The van der Waals surface area contributed by atoms with Gasteiger partial charge in [0.15, 0.2) is 0 Å². The Morgan fingerprint density at radius 1 is 1.33 bits per heavy atom. The molecule has 0 amide bonds. The second kappa shape index (κ2) is 6.92. The van der Waals surface area contributed by atoms with Gasteiger partial charge in [0, 0.05) is 5.69 Å². The van der Waals surface area contributed by atoms with Crippen molar-refractivity contribution in [3.05, 3.63) is 59.4 Å². The van der Waals surface area contributed by atoms with Crippen LogP contribution in [0.1, 0.15) is 36.2 Å². The Kier molecular flexibility index (Phi) is 4.98. The highest BCUT2D eigenvalue weighted by molar-refractivity contribution is 5.75. The van der Waals surface area contributed by atoms with Crippen molar-refractivity contribution in [2.45, 2.75) is 32.1 Å². The molecule has 0 bridgehead atoms. The second-order valence-corrected chi connectivity index (χ2v) is 4.87. The summed E-state index contributed by atoms with van der Waals surface area (Å²) in [5, 5.41) is 9.42. The minimum absolute atomic E-state index is 0.0740. The smallest absolute Gasteiger partial charge is 0.312 e. The van der Waals surface area contributed by atoms with Crippen LogP contribution >= 0.6 is 0 Å². The number of aromatic nitrogens is 2. The van der Waals surface area contributed by atoms with Gasteiger partial charge in [0.2, 0.25) is 0 Å². The molecule has 1 atom stereocenters. The topological polar surface area (TPSA) is 63.1 Å². The van der Waals surface area contributed by atoms with Crippen molar-refractivity contribution in [1.29, 1.82) is 0 Å². The molecule has 0 aliphatic rings. The zero-order chi connectivity index (χ0) is 15.2. The summed E-state index contributed by atoms with van der Waals surface area (Å²) in [4.78, 5) is 19.7. The third kappa shape index (κ3) is 3.84. The molecule has 0 spiro atoms. The molecule has 0 saturated carbocycles. The fourth-order valence-electron chi connectivity index (χ4n) is 2.20. The van der Waals surface area contributed by atoms with Gasteiger partial charge in [0.25, 0.3) is 0 Å². The van der Waals surface area contributed by atoms with Gasteiger partial charge in [-0.05, 0) is 30.5 Å². The van der Waals surface area contributed by atoms with E-state index >= 15 is 0 Å². The van der Waals surface area contributed by atoms with E-state index in [1.807, 2.05) is 6.92 Å². The predicted molar refractivity (Wildman–Crippen MR) is 76.5 cm³/mol. The van der Waals surface area contributed by atoms with Crippen molar-refractivity contribution in [3.8, 4) is 0 Å². The summed E-state index contributed by atoms with van der Waals surface area (Å²) in [6.07, 6.45) is 3.13. The molecule has 1 aromatic carbocycles. The average molecular weight is 288 g/mol. The fraction of sp³-hybridized carbons (Fsp3) is 0.312. The van der Waals surface area contributed by atoms with Gasteiger partial charge >= 0.3 is 5.97 Å². The average Bonchev–Trinajstić information content (AvgIpc) is 2.46. The van der Waals surface area contributed by atoms with E-state index in [-0.39, 0.29) is 6.42 Å². The third-order valence-electron chi connectivity index (χ3n) is 3.29.